The Balaban J connectivity index is 2.53. The van der Waals surface area contributed by atoms with Crippen molar-refractivity contribution < 1.29 is 10.2 Å². The first-order valence-corrected chi connectivity index (χ1v) is 12.2. The molecule has 1 rings (SSSR count). The highest BCUT2D eigenvalue weighted by Gasteiger charge is 2.36. The molecule has 0 aromatic carbocycles. The maximum absolute atomic E-state index is 10.5. The first-order chi connectivity index (χ1) is 12.3. The largest absolute Gasteiger partial charge is 0.392 e. The van der Waals surface area contributed by atoms with Gasteiger partial charge in [-0.3, -0.25) is 0 Å². The van der Waals surface area contributed by atoms with Gasteiger partial charge < -0.3 is 10.2 Å². The van der Waals surface area contributed by atoms with Crippen molar-refractivity contribution in [3.05, 3.63) is 0 Å². The summed E-state index contributed by atoms with van der Waals surface area (Å²) in [6.45, 7) is 4.25. The molecule has 1 fully saturated rings. The lowest BCUT2D eigenvalue weighted by molar-refractivity contribution is 0.0925. The van der Waals surface area contributed by atoms with Gasteiger partial charge in [-0.05, 0) is 56.8 Å². The molecule has 1 aliphatic carbocycles. The van der Waals surface area contributed by atoms with Crippen LogP contribution in [0.25, 0.3) is 0 Å². The molecule has 2 nitrogen and oxygen atoms in total. The fourth-order valence-electron chi connectivity index (χ4n) is 4.19. The Labute approximate surface area is 181 Å². The van der Waals surface area contributed by atoms with E-state index in [1.807, 2.05) is 0 Å². The van der Waals surface area contributed by atoms with Crippen molar-refractivity contribution in [2.75, 3.05) is 0 Å². The average Bonchev–Trinajstić information content (AvgIpc) is 2.60. The Kier molecular flexibility index (Phi) is 13.0. The van der Waals surface area contributed by atoms with Crippen molar-refractivity contribution in [1.82, 2.24) is 0 Å². The maximum atomic E-state index is 10.5. The summed E-state index contributed by atoms with van der Waals surface area (Å²) < 4.78 is 0. The van der Waals surface area contributed by atoms with Crippen molar-refractivity contribution in [2.24, 2.45) is 11.8 Å². The molecule has 0 spiro atoms. The lowest BCUT2D eigenvalue weighted by atomic mass is 9.75. The van der Waals surface area contributed by atoms with Crippen LogP contribution in [0.15, 0.2) is 0 Å². The van der Waals surface area contributed by atoms with Crippen LogP contribution in [0, 0.1) is 11.8 Å². The first-order valence-electron chi connectivity index (χ1n) is 10.3. The molecule has 0 heterocycles. The fourth-order valence-corrected chi connectivity index (χ4v) is 5.81. The van der Waals surface area contributed by atoms with Gasteiger partial charge in [-0.1, -0.05) is 33.1 Å². The molecule has 1 saturated carbocycles. The summed E-state index contributed by atoms with van der Waals surface area (Å²) in [6, 6.07) is 0. The maximum Gasteiger partial charge on any atom is 0.0716 e. The highest BCUT2D eigenvalue weighted by molar-refractivity contribution is 7.81. The summed E-state index contributed by atoms with van der Waals surface area (Å²) in [6.07, 6.45) is 8.32. The molecule has 2 N–H and O–H groups in total. The van der Waals surface area contributed by atoms with Crippen LogP contribution in [-0.4, -0.2) is 43.7 Å². The van der Waals surface area contributed by atoms with Crippen molar-refractivity contribution in [3.63, 3.8) is 0 Å². The van der Waals surface area contributed by atoms with Gasteiger partial charge in [-0.2, -0.15) is 25.3 Å². The molecule has 0 bridgehead atoms. The summed E-state index contributed by atoms with van der Waals surface area (Å²) >= 11 is 22.4. The van der Waals surface area contributed by atoms with Gasteiger partial charge in [0.1, 0.15) is 0 Å². The molecular formula is C20H38Cl2O2S2. The van der Waals surface area contributed by atoms with E-state index in [-0.39, 0.29) is 33.1 Å². The van der Waals surface area contributed by atoms with E-state index in [1.54, 1.807) is 0 Å². The number of aliphatic hydroxyl groups is 2. The van der Waals surface area contributed by atoms with Gasteiger partial charge in [-0.15, -0.1) is 23.2 Å². The molecule has 8 atom stereocenters. The van der Waals surface area contributed by atoms with E-state index in [9.17, 15) is 10.2 Å². The molecule has 1 aliphatic rings. The minimum absolute atomic E-state index is 0.198. The lowest BCUT2D eigenvalue weighted by Gasteiger charge is -2.37. The third kappa shape index (κ3) is 8.69. The lowest BCUT2D eigenvalue weighted by Crippen LogP contribution is -2.38. The Hall–Kier alpha value is 1.20. The van der Waals surface area contributed by atoms with E-state index in [0.29, 0.717) is 12.8 Å². The predicted octanol–water partition coefficient (Wildman–Crippen LogP) is 5.71. The van der Waals surface area contributed by atoms with Gasteiger partial charge in [0.15, 0.2) is 0 Å². The van der Waals surface area contributed by atoms with Crippen LogP contribution in [0.3, 0.4) is 0 Å². The van der Waals surface area contributed by atoms with Gasteiger partial charge in [0.2, 0.25) is 0 Å². The van der Waals surface area contributed by atoms with Crippen LogP contribution in [0.1, 0.15) is 78.1 Å². The second kappa shape index (κ2) is 13.4. The predicted molar refractivity (Wildman–Crippen MR) is 121 cm³/mol. The summed E-state index contributed by atoms with van der Waals surface area (Å²) in [5.74, 6) is 0.506. The average molecular weight is 446 g/mol. The molecule has 8 unspecified atom stereocenters. The SMILES string of the molecule is CCCC(S)CC(O)C(Cl)C1CCCC(C(Cl)C(O)CC(S)CCC)C1. The highest BCUT2D eigenvalue weighted by atomic mass is 35.5. The molecule has 0 amide bonds. The minimum Gasteiger partial charge on any atom is -0.392 e. The Morgan fingerprint density at radius 3 is 1.58 bits per heavy atom. The van der Waals surface area contributed by atoms with Gasteiger partial charge in [0.25, 0.3) is 0 Å². The minimum atomic E-state index is -0.528. The molecule has 156 valence electrons. The third-order valence-corrected chi connectivity index (χ3v) is 7.89. The second-order valence-corrected chi connectivity index (χ2v) is 10.5. The quantitative estimate of drug-likeness (QED) is 0.230. The van der Waals surface area contributed by atoms with Crippen LogP contribution in [0.5, 0.6) is 0 Å². The second-order valence-electron chi connectivity index (χ2n) is 8.07. The molecule has 0 aliphatic heterocycles. The van der Waals surface area contributed by atoms with E-state index in [4.69, 9.17) is 23.2 Å². The molecule has 26 heavy (non-hydrogen) atoms. The molecule has 0 saturated heterocycles. The zero-order valence-electron chi connectivity index (χ0n) is 16.2. The molecule has 6 heteroatoms. The van der Waals surface area contributed by atoms with E-state index < -0.39 is 12.2 Å². The van der Waals surface area contributed by atoms with Gasteiger partial charge >= 0.3 is 0 Å². The zero-order chi connectivity index (χ0) is 19.7. The van der Waals surface area contributed by atoms with Crippen LogP contribution in [-0.2, 0) is 0 Å². The number of halogens is 2. The van der Waals surface area contributed by atoms with Crippen molar-refractivity contribution in [1.29, 1.82) is 0 Å². The van der Waals surface area contributed by atoms with Crippen molar-refractivity contribution in [3.8, 4) is 0 Å². The standard InChI is InChI=1S/C20H38Cl2O2S2/c1-3-6-15(25)11-17(23)19(21)13-8-5-9-14(10-13)20(22)18(24)12-16(26)7-4-2/h13-20,23-26H,3-12H2,1-2H3. The number of thiol groups is 2. The molecule has 0 aromatic heterocycles. The Morgan fingerprint density at radius 1 is 0.846 bits per heavy atom. The number of aliphatic hydroxyl groups excluding tert-OH is 2. The van der Waals surface area contributed by atoms with Gasteiger partial charge in [0.05, 0.1) is 23.0 Å². The van der Waals surface area contributed by atoms with Gasteiger partial charge in [-0.25, -0.2) is 0 Å². The summed E-state index contributed by atoms with van der Waals surface area (Å²) in [4.78, 5) is 0. The Morgan fingerprint density at radius 2 is 1.23 bits per heavy atom. The fraction of sp³-hybridized carbons (Fsp3) is 1.00. The van der Waals surface area contributed by atoms with Crippen LogP contribution in [0.2, 0.25) is 0 Å². The van der Waals surface area contributed by atoms with Gasteiger partial charge in [0, 0.05) is 10.5 Å². The van der Waals surface area contributed by atoms with Crippen LogP contribution in [0.4, 0.5) is 0 Å². The van der Waals surface area contributed by atoms with Crippen molar-refractivity contribution >= 4 is 48.5 Å². The topological polar surface area (TPSA) is 40.5 Å². The summed E-state index contributed by atoms with van der Waals surface area (Å²) in [5.41, 5.74) is 0. The normalized spacial score (nSPS) is 28.2. The Bertz CT molecular complexity index is 344. The highest BCUT2D eigenvalue weighted by Crippen LogP contribution is 2.39. The number of alkyl halides is 2. The smallest absolute Gasteiger partial charge is 0.0716 e. The van der Waals surface area contributed by atoms with E-state index in [1.165, 1.54) is 0 Å². The summed E-state index contributed by atoms with van der Waals surface area (Å²) in [7, 11) is 0. The molecule has 0 aromatic rings. The number of hydrogen-bond donors (Lipinski definition) is 4. The number of hydrogen-bond acceptors (Lipinski definition) is 4. The molecule has 0 radical (unpaired) electrons. The monoisotopic (exact) mass is 444 g/mol. The summed E-state index contributed by atoms with van der Waals surface area (Å²) in [5, 5.41) is 20.9. The van der Waals surface area contributed by atoms with Crippen LogP contribution >= 0.6 is 48.5 Å². The molecular weight excluding hydrogens is 407 g/mol. The van der Waals surface area contributed by atoms with Crippen LogP contribution < -0.4 is 0 Å². The number of rotatable bonds is 12. The first kappa shape index (κ1) is 25.2. The van der Waals surface area contributed by atoms with E-state index in [0.717, 1.165) is 51.4 Å². The van der Waals surface area contributed by atoms with E-state index in [2.05, 4.69) is 39.1 Å². The van der Waals surface area contributed by atoms with Crippen molar-refractivity contribution in [2.45, 2.75) is 112 Å². The third-order valence-electron chi connectivity index (χ3n) is 5.66. The van der Waals surface area contributed by atoms with E-state index >= 15 is 0 Å². The zero-order valence-corrected chi connectivity index (χ0v) is 19.5.